The smallest absolute Gasteiger partial charge is 0.237 e. The van der Waals surface area contributed by atoms with E-state index in [1.807, 2.05) is 13.8 Å². The lowest BCUT2D eigenvalue weighted by atomic mass is 9.79. The first kappa shape index (κ1) is 17.9. The van der Waals surface area contributed by atoms with Crippen molar-refractivity contribution >= 4 is 5.91 Å². The van der Waals surface area contributed by atoms with Crippen LogP contribution in [0.15, 0.2) is 24.3 Å². The maximum Gasteiger partial charge on any atom is 0.237 e. The number of rotatable bonds is 4. The highest BCUT2D eigenvalue weighted by atomic mass is 19.1. The van der Waals surface area contributed by atoms with E-state index in [9.17, 15) is 9.18 Å². The first-order valence-corrected chi connectivity index (χ1v) is 8.26. The first-order valence-electron chi connectivity index (χ1n) is 8.26. The first-order chi connectivity index (χ1) is 10.7. The number of hydrogen-bond donors (Lipinski definition) is 2. The third kappa shape index (κ3) is 4.30. The van der Waals surface area contributed by atoms with Gasteiger partial charge in [-0.2, -0.15) is 0 Å². The summed E-state index contributed by atoms with van der Waals surface area (Å²) in [4.78, 5) is 14.7. The van der Waals surface area contributed by atoms with Gasteiger partial charge in [-0.25, -0.2) is 4.39 Å². The summed E-state index contributed by atoms with van der Waals surface area (Å²) in [7, 11) is 0. The highest BCUT2D eigenvalue weighted by Crippen LogP contribution is 2.29. The Kier molecular flexibility index (Phi) is 5.42. The minimum atomic E-state index is -0.271. The van der Waals surface area contributed by atoms with Gasteiger partial charge in [0.25, 0.3) is 0 Å². The molecule has 4 nitrogen and oxygen atoms in total. The van der Waals surface area contributed by atoms with Gasteiger partial charge in [-0.3, -0.25) is 9.69 Å². The summed E-state index contributed by atoms with van der Waals surface area (Å²) in [5.74, 6) is -0.277. The number of piperidine rings is 1. The molecule has 3 atom stereocenters. The van der Waals surface area contributed by atoms with E-state index in [-0.39, 0.29) is 35.3 Å². The van der Waals surface area contributed by atoms with Gasteiger partial charge in [-0.1, -0.05) is 26.0 Å². The molecule has 1 aliphatic rings. The molecule has 1 saturated heterocycles. The number of carbonyl (C=O) groups is 1. The fraction of sp³-hybridized carbons (Fsp3) is 0.611. The van der Waals surface area contributed by atoms with Gasteiger partial charge in [-0.15, -0.1) is 0 Å². The van der Waals surface area contributed by atoms with Crippen LogP contribution >= 0.6 is 0 Å². The fourth-order valence-electron chi connectivity index (χ4n) is 3.08. The largest absolute Gasteiger partial charge is 0.348 e. The maximum atomic E-state index is 13.0. The highest BCUT2D eigenvalue weighted by molar-refractivity contribution is 5.81. The van der Waals surface area contributed by atoms with Crippen LogP contribution in [0.3, 0.4) is 0 Å². The highest BCUT2D eigenvalue weighted by Gasteiger charge is 2.36. The number of nitrogens with one attached hydrogen (secondary N) is 1. The number of nitrogens with two attached hydrogens (primary N) is 1. The van der Waals surface area contributed by atoms with Crippen LogP contribution in [0.25, 0.3) is 0 Å². The van der Waals surface area contributed by atoms with Crippen LogP contribution in [0.5, 0.6) is 0 Å². The zero-order chi connectivity index (χ0) is 17.2. The van der Waals surface area contributed by atoms with Crippen LogP contribution in [-0.4, -0.2) is 36.0 Å². The molecule has 0 spiro atoms. The van der Waals surface area contributed by atoms with E-state index in [0.717, 1.165) is 25.1 Å². The van der Waals surface area contributed by atoms with E-state index in [1.54, 1.807) is 12.1 Å². The molecule has 1 amide bonds. The molecule has 0 aliphatic carbocycles. The summed E-state index contributed by atoms with van der Waals surface area (Å²) < 4.78 is 13.0. The maximum absolute atomic E-state index is 13.0. The quantitative estimate of drug-likeness (QED) is 0.895. The summed E-state index contributed by atoms with van der Waals surface area (Å²) in [5.41, 5.74) is 7.07. The molecule has 1 aromatic carbocycles. The van der Waals surface area contributed by atoms with Crippen LogP contribution in [-0.2, 0) is 4.79 Å². The predicted molar refractivity (Wildman–Crippen MR) is 90.4 cm³/mol. The van der Waals surface area contributed by atoms with Gasteiger partial charge in [-0.05, 0) is 43.4 Å². The van der Waals surface area contributed by atoms with E-state index in [1.165, 1.54) is 12.1 Å². The molecule has 128 valence electrons. The summed E-state index contributed by atoms with van der Waals surface area (Å²) >= 11 is 0. The molecule has 5 heteroatoms. The number of hydrogen-bond acceptors (Lipinski definition) is 3. The van der Waals surface area contributed by atoms with Crippen LogP contribution in [0, 0.1) is 11.2 Å². The summed E-state index contributed by atoms with van der Waals surface area (Å²) in [6.07, 6.45) is 0.901. The van der Waals surface area contributed by atoms with Gasteiger partial charge < -0.3 is 11.1 Å². The average molecular weight is 321 g/mol. The lowest BCUT2D eigenvalue weighted by Gasteiger charge is -2.44. The van der Waals surface area contributed by atoms with Crippen molar-refractivity contribution < 1.29 is 9.18 Å². The van der Waals surface area contributed by atoms with Crippen LogP contribution in [0.4, 0.5) is 4.39 Å². The lowest BCUT2D eigenvalue weighted by molar-refractivity contribution is -0.127. The number of nitrogens with zero attached hydrogens (tertiary/aromatic N) is 1. The third-order valence-corrected chi connectivity index (χ3v) is 5.00. The summed E-state index contributed by atoms with van der Waals surface area (Å²) in [5, 5.41) is 3.02. The molecule has 1 fully saturated rings. The zero-order valence-electron chi connectivity index (χ0n) is 14.5. The number of carbonyl (C=O) groups excluding carboxylic acids is 1. The molecule has 3 unspecified atom stereocenters. The van der Waals surface area contributed by atoms with Gasteiger partial charge in [0, 0.05) is 19.1 Å². The van der Waals surface area contributed by atoms with Crippen molar-refractivity contribution in [2.24, 2.45) is 11.1 Å². The molecule has 1 heterocycles. The fourth-order valence-corrected chi connectivity index (χ4v) is 3.08. The van der Waals surface area contributed by atoms with Crippen LogP contribution in [0.2, 0.25) is 0 Å². The number of halogens is 1. The van der Waals surface area contributed by atoms with Crippen molar-refractivity contribution in [2.45, 2.75) is 52.2 Å². The Bertz CT molecular complexity index is 544. The molecule has 1 aliphatic heterocycles. The van der Waals surface area contributed by atoms with Crippen molar-refractivity contribution in [1.29, 1.82) is 0 Å². The molecule has 23 heavy (non-hydrogen) atoms. The third-order valence-electron chi connectivity index (χ3n) is 5.00. The topological polar surface area (TPSA) is 58.4 Å². The number of amides is 1. The standard InChI is InChI=1S/C18H28FN3O/c1-12(14-5-7-15(19)8-6-14)21-17(23)13(2)22-10-9-16(20)18(3,4)11-22/h5-8,12-13,16H,9-11,20H2,1-4H3,(H,21,23). The Balaban J connectivity index is 1.96. The molecular weight excluding hydrogens is 293 g/mol. The van der Waals surface area contributed by atoms with Gasteiger partial charge in [0.1, 0.15) is 5.82 Å². The van der Waals surface area contributed by atoms with E-state index in [0.29, 0.717) is 0 Å². The van der Waals surface area contributed by atoms with Crippen molar-refractivity contribution in [3.05, 3.63) is 35.6 Å². The van der Waals surface area contributed by atoms with Gasteiger partial charge >= 0.3 is 0 Å². The van der Waals surface area contributed by atoms with Crippen molar-refractivity contribution in [2.75, 3.05) is 13.1 Å². The van der Waals surface area contributed by atoms with Crippen molar-refractivity contribution in [3.8, 4) is 0 Å². The Labute approximate surface area is 138 Å². The molecule has 0 radical (unpaired) electrons. The predicted octanol–water partition coefficient (Wildman–Crippen LogP) is 2.45. The Morgan fingerprint density at radius 2 is 1.96 bits per heavy atom. The molecule has 1 aromatic rings. The summed E-state index contributed by atoms with van der Waals surface area (Å²) in [6.45, 7) is 9.79. The van der Waals surface area contributed by atoms with Gasteiger partial charge in [0.05, 0.1) is 12.1 Å². The average Bonchev–Trinajstić information content (AvgIpc) is 2.49. The lowest BCUT2D eigenvalue weighted by Crippen LogP contribution is -2.57. The normalized spacial score (nSPS) is 24.0. The number of benzene rings is 1. The minimum Gasteiger partial charge on any atom is -0.348 e. The Morgan fingerprint density at radius 1 is 1.35 bits per heavy atom. The molecule has 0 aromatic heterocycles. The molecule has 0 saturated carbocycles. The second-order valence-corrected chi connectivity index (χ2v) is 7.31. The minimum absolute atomic E-state index is 0.00639. The molecule has 2 rings (SSSR count). The molecule has 0 bridgehead atoms. The van der Waals surface area contributed by atoms with Gasteiger partial charge in [0.15, 0.2) is 0 Å². The van der Waals surface area contributed by atoms with E-state index in [2.05, 4.69) is 24.1 Å². The second kappa shape index (κ2) is 6.97. The Morgan fingerprint density at radius 3 is 2.52 bits per heavy atom. The molecular formula is C18H28FN3O. The van der Waals surface area contributed by atoms with Crippen LogP contribution in [0.1, 0.15) is 45.7 Å². The zero-order valence-corrected chi connectivity index (χ0v) is 14.5. The van der Waals surface area contributed by atoms with Crippen molar-refractivity contribution in [3.63, 3.8) is 0 Å². The van der Waals surface area contributed by atoms with E-state index < -0.39 is 0 Å². The van der Waals surface area contributed by atoms with Gasteiger partial charge in [0.2, 0.25) is 5.91 Å². The van der Waals surface area contributed by atoms with Crippen LogP contribution < -0.4 is 11.1 Å². The second-order valence-electron chi connectivity index (χ2n) is 7.31. The summed E-state index contributed by atoms with van der Waals surface area (Å²) in [6, 6.07) is 6.05. The van der Waals surface area contributed by atoms with E-state index >= 15 is 0 Å². The monoisotopic (exact) mass is 321 g/mol. The van der Waals surface area contributed by atoms with E-state index in [4.69, 9.17) is 5.73 Å². The molecule has 3 N–H and O–H groups in total. The van der Waals surface area contributed by atoms with Crippen molar-refractivity contribution in [1.82, 2.24) is 10.2 Å². The number of likely N-dealkylation sites (tertiary alicyclic amines) is 1. The Hall–Kier alpha value is -1.46. The SMILES string of the molecule is CC(NC(=O)C(C)N1CCC(N)C(C)(C)C1)c1ccc(F)cc1.